The first-order valence-electron chi connectivity index (χ1n) is 10.5. The number of hydrogen-bond acceptors (Lipinski definition) is 2. The summed E-state index contributed by atoms with van der Waals surface area (Å²) in [5.74, 6) is 3.47. The third-order valence-electron chi connectivity index (χ3n) is 5.38. The van der Waals surface area contributed by atoms with Crippen LogP contribution in [0.25, 0.3) is 5.57 Å². The molecule has 160 valence electrons. The van der Waals surface area contributed by atoms with E-state index in [1.807, 2.05) is 51.2 Å². The molecule has 0 saturated heterocycles. The lowest BCUT2D eigenvalue weighted by molar-refractivity contribution is 0.355. The standard InChI is InChI=1S/C29H33NO/c1-8-14-26(29(5,6)25-16-11-10-12-17-25)19-22(3)21-31-27-18-13-15-24(20-27)23(4)28(9-2)30-7/h2,8,10-20,30H,3,21H2,1,4-7H3/b14-8-,26-19+,28-23+. The zero-order valence-electron chi connectivity index (χ0n) is 19.3. The second kappa shape index (κ2) is 11.1. The Morgan fingerprint density at radius 2 is 1.87 bits per heavy atom. The normalized spacial score (nSPS) is 12.8. The molecule has 0 fully saturated rings. The maximum atomic E-state index is 6.04. The minimum atomic E-state index is -0.142. The maximum Gasteiger partial charge on any atom is 0.120 e. The van der Waals surface area contributed by atoms with Crippen molar-refractivity contribution in [2.75, 3.05) is 13.7 Å². The molecule has 2 aromatic carbocycles. The van der Waals surface area contributed by atoms with Gasteiger partial charge in [0.25, 0.3) is 0 Å². The summed E-state index contributed by atoms with van der Waals surface area (Å²) in [5.41, 5.74) is 6.02. The molecule has 2 heteroatoms. The number of nitrogens with one attached hydrogen (secondary N) is 1. The van der Waals surface area contributed by atoms with Crippen LogP contribution in [0.1, 0.15) is 38.8 Å². The zero-order chi connectivity index (χ0) is 22.9. The van der Waals surface area contributed by atoms with Gasteiger partial charge in [-0.1, -0.05) is 87.0 Å². The summed E-state index contributed by atoms with van der Waals surface area (Å²) in [4.78, 5) is 0. The summed E-state index contributed by atoms with van der Waals surface area (Å²) >= 11 is 0. The van der Waals surface area contributed by atoms with Crippen LogP contribution >= 0.6 is 0 Å². The summed E-state index contributed by atoms with van der Waals surface area (Å²) in [6.45, 7) is 13.1. The molecular formula is C29H33NO. The highest BCUT2D eigenvalue weighted by atomic mass is 16.5. The van der Waals surface area contributed by atoms with Crippen molar-refractivity contribution in [3.8, 4) is 18.1 Å². The molecule has 0 amide bonds. The number of allylic oxidation sites excluding steroid dienone is 5. The SMILES string of the molecule is C#C/C(NC)=C(/C)c1cccc(OCC(=C)/C=C(\C=C/C)C(C)(C)c2ccccc2)c1. The predicted molar refractivity (Wildman–Crippen MR) is 134 cm³/mol. The van der Waals surface area contributed by atoms with E-state index in [-0.39, 0.29) is 5.41 Å². The van der Waals surface area contributed by atoms with Gasteiger partial charge in [-0.3, -0.25) is 0 Å². The second-order valence-electron chi connectivity index (χ2n) is 7.96. The van der Waals surface area contributed by atoms with Crippen LogP contribution < -0.4 is 10.1 Å². The smallest absolute Gasteiger partial charge is 0.120 e. The van der Waals surface area contributed by atoms with Gasteiger partial charge in [-0.15, -0.1) is 6.42 Å². The van der Waals surface area contributed by atoms with Crippen molar-refractivity contribution >= 4 is 5.57 Å². The quantitative estimate of drug-likeness (QED) is 0.367. The van der Waals surface area contributed by atoms with Gasteiger partial charge >= 0.3 is 0 Å². The lowest BCUT2D eigenvalue weighted by Gasteiger charge is -2.27. The second-order valence-corrected chi connectivity index (χ2v) is 7.96. The Bertz CT molecular complexity index is 1030. The number of hydrogen-bond donors (Lipinski definition) is 1. The highest BCUT2D eigenvalue weighted by Crippen LogP contribution is 2.33. The van der Waals surface area contributed by atoms with E-state index in [0.29, 0.717) is 6.61 Å². The molecule has 2 aromatic rings. The van der Waals surface area contributed by atoms with E-state index < -0.39 is 0 Å². The van der Waals surface area contributed by atoms with E-state index in [1.165, 1.54) is 11.1 Å². The Labute approximate surface area is 188 Å². The van der Waals surface area contributed by atoms with Crippen molar-refractivity contribution in [2.45, 2.75) is 33.1 Å². The Balaban J connectivity index is 2.20. The molecule has 0 unspecified atom stereocenters. The van der Waals surface area contributed by atoms with Crippen LogP contribution in [0.4, 0.5) is 0 Å². The fourth-order valence-corrected chi connectivity index (χ4v) is 3.41. The fraction of sp³-hybridized carbons (Fsp3) is 0.241. The van der Waals surface area contributed by atoms with E-state index in [0.717, 1.165) is 28.2 Å². The van der Waals surface area contributed by atoms with Crippen molar-refractivity contribution in [2.24, 2.45) is 0 Å². The average Bonchev–Trinajstić information content (AvgIpc) is 2.79. The molecule has 31 heavy (non-hydrogen) atoms. The molecule has 0 atom stereocenters. The molecular weight excluding hydrogens is 378 g/mol. The fourth-order valence-electron chi connectivity index (χ4n) is 3.41. The van der Waals surface area contributed by atoms with Crippen molar-refractivity contribution in [1.82, 2.24) is 5.32 Å². The molecule has 0 aliphatic heterocycles. The molecule has 2 rings (SSSR count). The van der Waals surface area contributed by atoms with Gasteiger partial charge in [0.1, 0.15) is 12.4 Å². The molecule has 0 spiro atoms. The monoisotopic (exact) mass is 411 g/mol. The Hall–Kier alpha value is -3.44. The Morgan fingerprint density at radius 3 is 2.48 bits per heavy atom. The molecule has 0 bridgehead atoms. The van der Waals surface area contributed by atoms with Crippen molar-refractivity contribution < 1.29 is 4.74 Å². The summed E-state index contributed by atoms with van der Waals surface area (Å²) in [6, 6.07) is 18.5. The van der Waals surface area contributed by atoms with Gasteiger partial charge in [0.15, 0.2) is 0 Å². The van der Waals surface area contributed by atoms with Crippen LogP contribution in [0.2, 0.25) is 0 Å². The van der Waals surface area contributed by atoms with E-state index in [1.54, 1.807) is 0 Å². The minimum Gasteiger partial charge on any atom is -0.489 e. The lowest BCUT2D eigenvalue weighted by Crippen LogP contribution is -2.19. The molecule has 0 radical (unpaired) electrons. The van der Waals surface area contributed by atoms with Crippen LogP contribution in [0, 0.1) is 12.3 Å². The molecule has 0 aromatic heterocycles. The first kappa shape index (κ1) is 23.8. The van der Waals surface area contributed by atoms with Gasteiger partial charge in [-0.25, -0.2) is 0 Å². The Kier molecular flexibility index (Phi) is 8.53. The molecule has 0 aliphatic rings. The summed E-state index contributed by atoms with van der Waals surface area (Å²) in [7, 11) is 1.83. The number of terminal acetylenes is 1. The highest BCUT2D eigenvalue weighted by molar-refractivity contribution is 5.70. The van der Waals surface area contributed by atoms with Crippen LogP contribution in [0.3, 0.4) is 0 Å². The number of benzene rings is 2. The first-order chi connectivity index (χ1) is 14.8. The summed E-state index contributed by atoms with van der Waals surface area (Å²) in [5, 5.41) is 3.06. The molecule has 0 aliphatic carbocycles. The van der Waals surface area contributed by atoms with E-state index in [2.05, 4.69) is 74.2 Å². The molecule has 0 saturated carbocycles. The van der Waals surface area contributed by atoms with Gasteiger partial charge in [-0.05, 0) is 53.8 Å². The predicted octanol–water partition coefficient (Wildman–Crippen LogP) is 6.69. The van der Waals surface area contributed by atoms with Gasteiger partial charge < -0.3 is 10.1 Å². The largest absolute Gasteiger partial charge is 0.489 e. The van der Waals surface area contributed by atoms with Crippen molar-refractivity contribution in [3.05, 3.63) is 107 Å². The van der Waals surface area contributed by atoms with Crippen LogP contribution in [0.15, 0.2) is 96.2 Å². The van der Waals surface area contributed by atoms with E-state index in [4.69, 9.17) is 11.2 Å². The Morgan fingerprint density at radius 1 is 1.16 bits per heavy atom. The summed E-state index contributed by atoms with van der Waals surface area (Å²) in [6.07, 6.45) is 11.9. The van der Waals surface area contributed by atoms with Crippen LogP contribution in [-0.2, 0) is 5.41 Å². The zero-order valence-corrected chi connectivity index (χ0v) is 19.3. The van der Waals surface area contributed by atoms with Crippen molar-refractivity contribution in [1.29, 1.82) is 0 Å². The molecule has 0 heterocycles. The van der Waals surface area contributed by atoms with Gasteiger partial charge in [0.2, 0.25) is 0 Å². The highest BCUT2D eigenvalue weighted by Gasteiger charge is 2.23. The summed E-state index contributed by atoms with van der Waals surface area (Å²) < 4.78 is 6.04. The van der Waals surface area contributed by atoms with Gasteiger partial charge in [0, 0.05) is 12.5 Å². The van der Waals surface area contributed by atoms with Crippen LogP contribution in [-0.4, -0.2) is 13.7 Å². The minimum absolute atomic E-state index is 0.142. The molecule has 2 nitrogen and oxygen atoms in total. The maximum absolute atomic E-state index is 6.04. The first-order valence-corrected chi connectivity index (χ1v) is 10.5. The van der Waals surface area contributed by atoms with E-state index >= 15 is 0 Å². The third-order valence-corrected chi connectivity index (χ3v) is 5.38. The number of rotatable bonds is 9. The average molecular weight is 412 g/mol. The lowest BCUT2D eigenvalue weighted by atomic mass is 9.77. The van der Waals surface area contributed by atoms with Crippen LogP contribution in [0.5, 0.6) is 5.75 Å². The van der Waals surface area contributed by atoms with Gasteiger partial charge in [-0.2, -0.15) is 0 Å². The number of ether oxygens (including phenoxy) is 1. The topological polar surface area (TPSA) is 21.3 Å². The van der Waals surface area contributed by atoms with E-state index in [9.17, 15) is 0 Å². The third kappa shape index (κ3) is 6.27. The molecule has 1 N–H and O–H groups in total. The van der Waals surface area contributed by atoms with Crippen molar-refractivity contribution in [3.63, 3.8) is 0 Å². The van der Waals surface area contributed by atoms with Gasteiger partial charge in [0.05, 0.1) is 5.70 Å².